The molecule has 1 unspecified atom stereocenters. The lowest BCUT2D eigenvalue weighted by Crippen LogP contribution is -2.41. The summed E-state index contributed by atoms with van der Waals surface area (Å²) in [7, 11) is 1.64. The molecule has 0 spiro atoms. The molecule has 2 heterocycles. The molecule has 1 aliphatic heterocycles. The van der Waals surface area contributed by atoms with Crippen molar-refractivity contribution < 1.29 is 4.79 Å². The van der Waals surface area contributed by atoms with Crippen molar-refractivity contribution in [3.63, 3.8) is 0 Å². The van der Waals surface area contributed by atoms with Crippen LogP contribution in [0, 0.1) is 0 Å². The molecule has 2 aromatic carbocycles. The van der Waals surface area contributed by atoms with Crippen molar-refractivity contribution >= 4 is 11.9 Å². The average Bonchev–Trinajstić information content (AvgIpc) is 2.94. The van der Waals surface area contributed by atoms with Gasteiger partial charge in [0.25, 0.3) is 5.91 Å². The van der Waals surface area contributed by atoms with Crippen molar-refractivity contribution in [3.8, 4) is 11.3 Å². The maximum Gasteiger partial charge on any atom is 0.266 e. The molecule has 26 heavy (non-hydrogen) atoms. The number of carbonyl (C=O) groups is 1. The minimum atomic E-state index is -1.20. The van der Waals surface area contributed by atoms with E-state index in [1.165, 1.54) is 4.90 Å². The summed E-state index contributed by atoms with van der Waals surface area (Å²) >= 11 is 0. The second-order valence-corrected chi connectivity index (χ2v) is 6.08. The molecular weight excluding hydrogens is 326 g/mol. The molecule has 0 bridgehead atoms. The molecule has 0 fully saturated rings. The van der Waals surface area contributed by atoms with Crippen molar-refractivity contribution in [2.45, 2.75) is 5.54 Å². The van der Waals surface area contributed by atoms with Gasteiger partial charge in [0.15, 0.2) is 11.5 Å². The van der Waals surface area contributed by atoms with Crippen LogP contribution in [0.25, 0.3) is 11.3 Å². The van der Waals surface area contributed by atoms with Gasteiger partial charge in [-0.25, -0.2) is 4.99 Å². The lowest BCUT2D eigenvalue weighted by atomic mass is 9.82. The quantitative estimate of drug-likeness (QED) is 0.790. The van der Waals surface area contributed by atoms with Gasteiger partial charge >= 0.3 is 0 Å². The first-order valence-electron chi connectivity index (χ1n) is 8.19. The number of rotatable bonds is 3. The molecule has 0 saturated carbocycles. The Morgan fingerprint density at radius 1 is 1.00 bits per heavy atom. The standard InChI is InChI=1S/C20H17N5O/c1-25-18(26)20(24-19(25)21,15-7-3-2-4-8-15)16-9-5-6-14(12-16)17-13-22-10-11-23-17/h2-13H,1H3,(H2,21,24). The van der Waals surface area contributed by atoms with Crippen LogP contribution in [-0.4, -0.2) is 33.8 Å². The molecule has 3 aromatic rings. The van der Waals surface area contributed by atoms with Crippen molar-refractivity contribution in [1.29, 1.82) is 0 Å². The Bertz CT molecular complexity index is 987. The highest BCUT2D eigenvalue weighted by atomic mass is 16.2. The zero-order chi connectivity index (χ0) is 18.1. The van der Waals surface area contributed by atoms with E-state index >= 15 is 0 Å². The van der Waals surface area contributed by atoms with Gasteiger partial charge in [-0.2, -0.15) is 0 Å². The van der Waals surface area contributed by atoms with E-state index in [2.05, 4.69) is 15.0 Å². The van der Waals surface area contributed by atoms with Gasteiger partial charge in [-0.3, -0.25) is 19.7 Å². The Morgan fingerprint density at radius 2 is 1.77 bits per heavy atom. The predicted molar refractivity (Wildman–Crippen MR) is 99.1 cm³/mol. The largest absolute Gasteiger partial charge is 0.369 e. The second-order valence-electron chi connectivity index (χ2n) is 6.08. The van der Waals surface area contributed by atoms with Crippen molar-refractivity contribution in [2.75, 3.05) is 7.05 Å². The van der Waals surface area contributed by atoms with Crippen molar-refractivity contribution in [1.82, 2.24) is 14.9 Å². The Balaban J connectivity index is 1.94. The third-order valence-corrected chi connectivity index (χ3v) is 4.57. The maximum atomic E-state index is 13.2. The predicted octanol–water partition coefficient (Wildman–Crippen LogP) is 2.17. The third kappa shape index (κ3) is 2.35. The third-order valence-electron chi connectivity index (χ3n) is 4.57. The number of likely N-dealkylation sites (N-methyl/N-ethyl adjacent to an activating group) is 1. The lowest BCUT2D eigenvalue weighted by molar-refractivity contribution is -0.129. The summed E-state index contributed by atoms with van der Waals surface area (Å²) in [6, 6.07) is 17.1. The summed E-state index contributed by atoms with van der Waals surface area (Å²) in [5.74, 6) is 0.0151. The van der Waals surface area contributed by atoms with E-state index in [4.69, 9.17) is 5.73 Å². The first-order chi connectivity index (χ1) is 12.6. The fourth-order valence-electron chi connectivity index (χ4n) is 3.22. The number of aromatic nitrogens is 2. The van der Waals surface area contributed by atoms with Crippen LogP contribution in [0.2, 0.25) is 0 Å². The van der Waals surface area contributed by atoms with E-state index in [9.17, 15) is 4.79 Å². The number of benzene rings is 2. The lowest BCUT2D eigenvalue weighted by Gasteiger charge is -2.26. The zero-order valence-corrected chi connectivity index (χ0v) is 14.2. The number of nitrogens with two attached hydrogens (primary N) is 1. The Labute approximate surface area is 151 Å². The van der Waals surface area contributed by atoms with Crippen molar-refractivity contribution in [3.05, 3.63) is 84.3 Å². The topological polar surface area (TPSA) is 84.5 Å². The van der Waals surface area contributed by atoms with Gasteiger partial charge in [-0.05, 0) is 17.2 Å². The molecule has 0 aliphatic carbocycles. The van der Waals surface area contributed by atoms with Gasteiger partial charge in [0.2, 0.25) is 0 Å². The van der Waals surface area contributed by atoms with Gasteiger partial charge in [0, 0.05) is 25.0 Å². The number of aliphatic imine (C=N–C) groups is 1. The summed E-state index contributed by atoms with van der Waals surface area (Å²) < 4.78 is 0. The molecule has 6 heteroatoms. The van der Waals surface area contributed by atoms with E-state index in [0.29, 0.717) is 0 Å². The molecule has 1 atom stereocenters. The minimum absolute atomic E-state index is 0.183. The zero-order valence-electron chi connectivity index (χ0n) is 14.2. The normalized spacial score (nSPS) is 19.5. The second kappa shape index (κ2) is 6.07. The Kier molecular flexibility index (Phi) is 3.73. The van der Waals surface area contributed by atoms with E-state index in [0.717, 1.165) is 22.4 Å². The highest BCUT2D eigenvalue weighted by Gasteiger charge is 2.49. The smallest absolute Gasteiger partial charge is 0.266 e. The van der Waals surface area contributed by atoms with Crippen LogP contribution >= 0.6 is 0 Å². The SMILES string of the molecule is CN1C(=O)C(c2ccccc2)(c2cccc(-c3cnccn3)c2)N=C1N. The van der Waals surface area contributed by atoms with Gasteiger partial charge < -0.3 is 5.73 Å². The Morgan fingerprint density at radius 3 is 2.42 bits per heavy atom. The molecule has 128 valence electrons. The summed E-state index contributed by atoms with van der Waals surface area (Å²) in [6.07, 6.45) is 4.95. The molecule has 0 radical (unpaired) electrons. The van der Waals surface area contributed by atoms with Crippen LogP contribution < -0.4 is 5.73 Å². The fourth-order valence-corrected chi connectivity index (χ4v) is 3.22. The van der Waals surface area contributed by atoms with Gasteiger partial charge in [0.05, 0.1) is 11.9 Å². The molecule has 1 aliphatic rings. The van der Waals surface area contributed by atoms with Crippen LogP contribution in [0.15, 0.2) is 78.2 Å². The van der Waals surface area contributed by atoms with Gasteiger partial charge in [-0.15, -0.1) is 0 Å². The number of hydrogen-bond donors (Lipinski definition) is 1. The van der Waals surface area contributed by atoms with Crippen LogP contribution in [-0.2, 0) is 10.3 Å². The number of nitrogens with zero attached hydrogens (tertiary/aromatic N) is 4. The molecule has 1 amide bonds. The van der Waals surface area contributed by atoms with Gasteiger partial charge in [0.1, 0.15) is 0 Å². The van der Waals surface area contributed by atoms with E-state index in [1.54, 1.807) is 25.6 Å². The summed E-state index contributed by atoms with van der Waals surface area (Å²) in [5, 5.41) is 0. The first-order valence-corrected chi connectivity index (χ1v) is 8.19. The van der Waals surface area contributed by atoms with E-state index < -0.39 is 5.54 Å². The Hall–Kier alpha value is -3.54. The number of amides is 1. The van der Waals surface area contributed by atoms with Crippen LogP contribution in [0.5, 0.6) is 0 Å². The number of guanidine groups is 1. The molecule has 4 rings (SSSR count). The van der Waals surface area contributed by atoms with Crippen LogP contribution in [0.4, 0.5) is 0 Å². The monoisotopic (exact) mass is 343 g/mol. The van der Waals surface area contributed by atoms with Crippen LogP contribution in [0.1, 0.15) is 11.1 Å². The summed E-state index contributed by atoms with van der Waals surface area (Å²) in [6.45, 7) is 0. The maximum absolute atomic E-state index is 13.2. The van der Waals surface area contributed by atoms with Crippen LogP contribution in [0.3, 0.4) is 0 Å². The molecule has 0 saturated heterocycles. The molecule has 2 N–H and O–H groups in total. The first kappa shape index (κ1) is 16.0. The fraction of sp³-hybridized carbons (Fsp3) is 0.100. The number of hydrogen-bond acceptors (Lipinski definition) is 5. The molecule has 6 nitrogen and oxygen atoms in total. The average molecular weight is 343 g/mol. The summed E-state index contributed by atoms with van der Waals surface area (Å²) in [5.41, 5.74) is 7.91. The van der Waals surface area contributed by atoms with Gasteiger partial charge in [-0.1, -0.05) is 48.5 Å². The number of carbonyl (C=O) groups excluding carboxylic acids is 1. The molecular formula is C20H17N5O. The van der Waals surface area contributed by atoms with E-state index in [-0.39, 0.29) is 11.9 Å². The highest BCUT2D eigenvalue weighted by molar-refractivity contribution is 6.09. The van der Waals surface area contributed by atoms with Crippen molar-refractivity contribution in [2.24, 2.45) is 10.7 Å². The summed E-state index contributed by atoms with van der Waals surface area (Å²) in [4.78, 5) is 27.6. The molecule has 1 aromatic heterocycles. The van der Waals surface area contributed by atoms with E-state index in [1.807, 2.05) is 54.6 Å². The minimum Gasteiger partial charge on any atom is -0.369 e. The highest BCUT2D eigenvalue weighted by Crippen LogP contribution is 2.40.